The second-order valence-electron chi connectivity index (χ2n) is 4.86. The van der Waals surface area contributed by atoms with Crippen LogP contribution in [0.2, 0.25) is 0 Å². The van der Waals surface area contributed by atoms with Crippen LogP contribution in [0.4, 0.5) is 5.69 Å². The van der Waals surface area contributed by atoms with Crippen LogP contribution in [0, 0.1) is 11.3 Å². The molecule has 1 fully saturated rings. The number of rotatable bonds is 3. The molecule has 1 saturated heterocycles. The second-order valence-corrected chi connectivity index (χ2v) is 4.86. The Morgan fingerprint density at radius 3 is 2.89 bits per heavy atom. The van der Waals surface area contributed by atoms with Gasteiger partial charge in [-0.3, -0.25) is 4.79 Å². The molecule has 0 aliphatic carbocycles. The number of carbonyl (C=O) groups excluding carboxylic acids is 1. The van der Waals surface area contributed by atoms with Gasteiger partial charge in [-0.15, -0.1) is 0 Å². The van der Waals surface area contributed by atoms with Crippen molar-refractivity contribution >= 4 is 11.6 Å². The molecule has 2 rings (SSSR count). The van der Waals surface area contributed by atoms with Gasteiger partial charge in [0.1, 0.15) is 6.04 Å². The summed E-state index contributed by atoms with van der Waals surface area (Å²) in [5.41, 5.74) is 2.29. The molecule has 1 N–H and O–H groups in total. The third-order valence-corrected chi connectivity index (χ3v) is 3.62. The molecule has 4 heteroatoms. The van der Waals surface area contributed by atoms with Crippen molar-refractivity contribution in [1.82, 2.24) is 5.32 Å². The van der Waals surface area contributed by atoms with Crippen LogP contribution in [0.25, 0.3) is 0 Å². The van der Waals surface area contributed by atoms with Gasteiger partial charge < -0.3 is 10.2 Å². The molecule has 0 aromatic heterocycles. The maximum atomic E-state index is 12.0. The number of hydrogen-bond donors (Lipinski definition) is 1. The summed E-state index contributed by atoms with van der Waals surface area (Å²) in [4.78, 5) is 14.1. The minimum atomic E-state index is -0.388. The Bertz CT molecular complexity index is 506. The molecule has 1 aromatic rings. The van der Waals surface area contributed by atoms with Crippen LogP contribution in [0.3, 0.4) is 0 Å². The van der Waals surface area contributed by atoms with Gasteiger partial charge in [-0.2, -0.15) is 5.26 Å². The molecule has 0 bridgehead atoms. The van der Waals surface area contributed by atoms with Gasteiger partial charge in [0.2, 0.25) is 5.91 Å². The number of benzene rings is 1. The number of nitrogens with zero attached hydrogens (tertiary/aromatic N) is 2. The van der Waals surface area contributed by atoms with Crippen LogP contribution in [0.15, 0.2) is 24.3 Å². The first-order valence-corrected chi connectivity index (χ1v) is 6.70. The zero-order valence-corrected chi connectivity index (χ0v) is 11.4. The molecule has 1 heterocycles. The highest BCUT2D eigenvalue weighted by Crippen LogP contribution is 2.28. The second kappa shape index (κ2) is 5.75. The van der Waals surface area contributed by atoms with Crippen molar-refractivity contribution < 1.29 is 4.79 Å². The number of para-hydroxylation sites is 1. The first-order valence-electron chi connectivity index (χ1n) is 6.70. The molecule has 1 amide bonds. The molecule has 4 nitrogen and oxygen atoms in total. The Kier molecular flexibility index (Phi) is 4.06. The smallest absolute Gasteiger partial charge is 0.243 e. The van der Waals surface area contributed by atoms with E-state index in [0.717, 1.165) is 12.1 Å². The molecule has 0 radical (unpaired) electrons. The predicted octanol–water partition coefficient (Wildman–Crippen LogP) is 1.86. The molecule has 1 aromatic carbocycles. The van der Waals surface area contributed by atoms with E-state index in [1.807, 2.05) is 18.2 Å². The maximum absolute atomic E-state index is 12.0. The molecular weight excluding hydrogens is 238 g/mol. The number of aryl methyl sites for hydroxylation is 1. The van der Waals surface area contributed by atoms with Gasteiger partial charge >= 0.3 is 0 Å². The van der Waals surface area contributed by atoms with Crippen LogP contribution in [-0.4, -0.2) is 24.5 Å². The molecule has 1 aliphatic heterocycles. The summed E-state index contributed by atoms with van der Waals surface area (Å²) in [6.07, 6.45) is 1.13. The fourth-order valence-electron chi connectivity index (χ4n) is 2.64. The predicted molar refractivity (Wildman–Crippen MR) is 74.8 cm³/mol. The number of anilines is 1. The third-order valence-electron chi connectivity index (χ3n) is 3.62. The monoisotopic (exact) mass is 257 g/mol. The summed E-state index contributed by atoms with van der Waals surface area (Å²) in [7, 11) is 0. The number of hydrogen-bond acceptors (Lipinski definition) is 3. The molecular formula is C15H19N3O. The zero-order valence-electron chi connectivity index (χ0n) is 11.4. The molecule has 0 saturated carbocycles. The van der Waals surface area contributed by atoms with Gasteiger partial charge in [0.15, 0.2) is 0 Å². The highest BCUT2D eigenvalue weighted by molar-refractivity contribution is 5.87. The fourth-order valence-corrected chi connectivity index (χ4v) is 2.64. The molecule has 19 heavy (non-hydrogen) atoms. The Morgan fingerprint density at radius 2 is 2.21 bits per heavy atom. The van der Waals surface area contributed by atoms with Crippen LogP contribution in [0.1, 0.15) is 25.8 Å². The van der Waals surface area contributed by atoms with E-state index in [4.69, 9.17) is 5.26 Å². The summed E-state index contributed by atoms with van der Waals surface area (Å²) >= 11 is 0. The van der Waals surface area contributed by atoms with Crippen molar-refractivity contribution in [3.8, 4) is 6.07 Å². The summed E-state index contributed by atoms with van der Waals surface area (Å²) in [6.45, 7) is 4.81. The number of amides is 1. The Balaban J connectivity index is 2.42. The average Bonchev–Trinajstić information content (AvgIpc) is 2.43. The molecule has 2 atom stereocenters. The van der Waals surface area contributed by atoms with Gasteiger partial charge in [0, 0.05) is 18.3 Å². The van der Waals surface area contributed by atoms with Crippen molar-refractivity contribution in [2.75, 3.05) is 11.4 Å². The number of nitrogens with one attached hydrogen (secondary N) is 1. The summed E-state index contributed by atoms with van der Waals surface area (Å²) in [5, 5.41) is 11.8. The van der Waals surface area contributed by atoms with E-state index >= 15 is 0 Å². The van der Waals surface area contributed by atoms with Crippen LogP contribution >= 0.6 is 0 Å². The Labute approximate surface area is 114 Å². The lowest BCUT2D eigenvalue weighted by molar-refractivity contribution is -0.123. The Hall–Kier alpha value is -2.02. The van der Waals surface area contributed by atoms with Gasteiger partial charge in [-0.25, -0.2) is 0 Å². The van der Waals surface area contributed by atoms with Crippen molar-refractivity contribution in [3.63, 3.8) is 0 Å². The van der Waals surface area contributed by atoms with Crippen LogP contribution in [-0.2, 0) is 11.2 Å². The first kappa shape index (κ1) is 13.4. The molecule has 0 spiro atoms. The third kappa shape index (κ3) is 2.55. The summed E-state index contributed by atoms with van der Waals surface area (Å²) < 4.78 is 0. The lowest BCUT2D eigenvalue weighted by atomic mass is 10.0. The number of nitriles is 1. The minimum absolute atomic E-state index is 0.0504. The number of carbonyl (C=O) groups is 1. The van der Waals surface area contributed by atoms with Crippen molar-refractivity contribution in [3.05, 3.63) is 29.8 Å². The van der Waals surface area contributed by atoms with Crippen molar-refractivity contribution in [2.24, 2.45) is 0 Å². The van der Waals surface area contributed by atoms with Gasteiger partial charge in [-0.05, 0) is 25.0 Å². The fraction of sp³-hybridized carbons (Fsp3) is 0.467. The van der Waals surface area contributed by atoms with Gasteiger partial charge in [0.25, 0.3) is 0 Å². The van der Waals surface area contributed by atoms with E-state index in [2.05, 4.69) is 36.2 Å². The van der Waals surface area contributed by atoms with E-state index in [0.29, 0.717) is 6.54 Å². The van der Waals surface area contributed by atoms with E-state index in [1.54, 1.807) is 0 Å². The highest BCUT2D eigenvalue weighted by atomic mass is 16.2. The van der Waals surface area contributed by atoms with E-state index in [-0.39, 0.29) is 24.4 Å². The molecule has 100 valence electrons. The molecule has 1 aliphatic rings. The van der Waals surface area contributed by atoms with Gasteiger partial charge in [-0.1, -0.05) is 25.1 Å². The van der Waals surface area contributed by atoms with E-state index in [1.165, 1.54) is 5.56 Å². The van der Waals surface area contributed by atoms with Crippen molar-refractivity contribution in [2.45, 2.75) is 38.8 Å². The maximum Gasteiger partial charge on any atom is 0.243 e. The molecule has 2 unspecified atom stereocenters. The van der Waals surface area contributed by atoms with Gasteiger partial charge in [0.05, 0.1) is 12.5 Å². The average molecular weight is 257 g/mol. The zero-order chi connectivity index (χ0) is 13.8. The Morgan fingerprint density at radius 1 is 1.47 bits per heavy atom. The summed E-state index contributed by atoms with van der Waals surface area (Å²) in [6, 6.07) is 10.0. The lowest BCUT2D eigenvalue weighted by Gasteiger charge is -2.41. The van der Waals surface area contributed by atoms with Crippen LogP contribution in [0.5, 0.6) is 0 Å². The van der Waals surface area contributed by atoms with E-state index < -0.39 is 0 Å². The number of piperazine rings is 1. The quantitative estimate of drug-likeness (QED) is 0.899. The normalized spacial score (nSPS) is 22.8. The standard InChI is InChI=1S/C15H19N3O/c1-3-12-6-4-5-7-13(12)18-11(2)10-17-15(19)14(18)8-9-16/h4-7,11,14H,3,8,10H2,1-2H3,(H,17,19). The topological polar surface area (TPSA) is 56.1 Å². The SMILES string of the molecule is CCc1ccccc1N1C(C)CNC(=O)C1CC#N. The van der Waals surface area contributed by atoms with E-state index in [9.17, 15) is 4.79 Å². The van der Waals surface area contributed by atoms with Crippen molar-refractivity contribution in [1.29, 1.82) is 5.26 Å². The highest BCUT2D eigenvalue weighted by Gasteiger charge is 2.34. The first-order chi connectivity index (χ1) is 9.19. The lowest BCUT2D eigenvalue weighted by Crippen LogP contribution is -2.60. The summed E-state index contributed by atoms with van der Waals surface area (Å²) in [5.74, 6) is -0.0504. The minimum Gasteiger partial charge on any atom is -0.354 e. The largest absolute Gasteiger partial charge is 0.354 e. The van der Waals surface area contributed by atoms with Crippen LogP contribution < -0.4 is 10.2 Å².